The van der Waals surface area contributed by atoms with Gasteiger partial charge in [0.25, 0.3) is 5.56 Å². The minimum Gasteiger partial charge on any atom is -0.321 e. The maximum atomic E-state index is 14.4. The Hall–Kier alpha value is -4.79. The Balaban J connectivity index is 1.63. The summed E-state index contributed by atoms with van der Waals surface area (Å²) in [6, 6.07) is 10.2. The van der Waals surface area contributed by atoms with E-state index in [1.54, 1.807) is 43.7 Å². The molecular weight excluding hydrogens is 626 g/mol. The largest absolute Gasteiger partial charge is 0.321 e. The first-order valence-corrected chi connectivity index (χ1v) is 15.8. The number of rotatable bonds is 7. The predicted molar refractivity (Wildman–Crippen MR) is 168 cm³/mol. The van der Waals surface area contributed by atoms with Gasteiger partial charge in [0.1, 0.15) is 17.5 Å². The molecule has 0 spiro atoms. The van der Waals surface area contributed by atoms with Crippen LogP contribution in [0.1, 0.15) is 23.1 Å². The van der Waals surface area contributed by atoms with Gasteiger partial charge >= 0.3 is 0 Å². The molecule has 0 aliphatic rings. The van der Waals surface area contributed by atoms with E-state index in [1.807, 2.05) is 6.92 Å². The standard InChI is InChI=1S/C30H25ClF2N8O3S/c1-15-26(36-9-8-35-15)17-4-5-20-23(13-17)37-29(22(34)12-16-10-18(32)14-19(33)11-16)41(30(20)42)24-7-6-21(31)25-27(24)40(2)38-28(25)39-45(3,43)44/h4-11,13-14,22H,12,34H2,1-3H3,(H,38,39)/t22-/m0/s1. The maximum Gasteiger partial charge on any atom is 0.266 e. The lowest BCUT2D eigenvalue weighted by atomic mass is 10.0. The molecule has 0 aliphatic heterocycles. The molecule has 0 aliphatic carbocycles. The molecule has 0 amide bonds. The number of nitrogens with one attached hydrogen (secondary N) is 1. The summed E-state index contributed by atoms with van der Waals surface area (Å²) in [6.07, 6.45) is 4.04. The number of aryl methyl sites for hydroxylation is 2. The highest BCUT2D eigenvalue weighted by molar-refractivity contribution is 7.92. The number of anilines is 1. The van der Waals surface area contributed by atoms with Crippen LogP contribution in [0.2, 0.25) is 5.02 Å². The number of halogens is 3. The third kappa shape index (κ3) is 5.75. The van der Waals surface area contributed by atoms with Crippen LogP contribution in [0, 0.1) is 18.6 Å². The fourth-order valence-corrected chi connectivity index (χ4v) is 6.12. The lowest BCUT2D eigenvalue weighted by molar-refractivity contribution is 0.572. The van der Waals surface area contributed by atoms with Crippen molar-refractivity contribution in [3.8, 4) is 16.9 Å². The molecule has 3 heterocycles. The molecule has 11 nitrogen and oxygen atoms in total. The first-order chi connectivity index (χ1) is 21.3. The lowest BCUT2D eigenvalue weighted by Gasteiger charge is -2.20. The van der Waals surface area contributed by atoms with E-state index in [0.717, 1.165) is 24.5 Å². The van der Waals surface area contributed by atoms with Crippen LogP contribution in [0.5, 0.6) is 0 Å². The molecule has 0 saturated heterocycles. The van der Waals surface area contributed by atoms with Crippen molar-refractivity contribution in [2.75, 3.05) is 11.0 Å². The van der Waals surface area contributed by atoms with Crippen LogP contribution in [0.4, 0.5) is 14.6 Å². The van der Waals surface area contributed by atoms with E-state index in [9.17, 15) is 22.0 Å². The van der Waals surface area contributed by atoms with Crippen molar-refractivity contribution >= 4 is 49.2 Å². The van der Waals surface area contributed by atoms with Crippen LogP contribution in [0.3, 0.4) is 0 Å². The van der Waals surface area contributed by atoms with Crippen molar-refractivity contribution in [1.82, 2.24) is 29.3 Å². The highest BCUT2D eigenvalue weighted by atomic mass is 35.5. The Labute approximate surface area is 260 Å². The first-order valence-electron chi connectivity index (χ1n) is 13.5. The molecule has 0 saturated carbocycles. The van der Waals surface area contributed by atoms with Crippen LogP contribution in [0.25, 0.3) is 38.8 Å². The summed E-state index contributed by atoms with van der Waals surface area (Å²) < 4.78 is 57.4. The average molecular weight is 651 g/mol. The molecule has 6 aromatic rings. The minimum absolute atomic E-state index is 0.0336. The maximum absolute atomic E-state index is 14.4. The minimum atomic E-state index is -3.74. The third-order valence-corrected chi connectivity index (χ3v) is 8.08. The third-order valence-electron chi connectivity index (χ3n) is 7.20. The van der Waals surface area contributed by atoms with Crippen LogP contribution >= 0.6 is 11.6 Å². The second-order valence-electron chi connectivity index (χ2n) is 10.6. The molecule has 230 valence electrons. The number of nitrogens with zero attached hydrogens (tertiary/aromatic N) is 6. The average Bonchev–Trinajstić information content (AvgIpc) is 3.28. The SMILES string of the molecule is Cc1nccnc1-c1ccc2c(=O)n(-c3ccc(Cl)c4c(NS(C)(=O)=O)nn(C)c34)c([C@@H](N)Cc3cc(F)cc(F)c3)nc2c1. The summed E-state index contributed by atoms with van der Waals surface area (Å²) in [5.74, 6) is -1.50. The van der Waals surface area contributed by atoms with Gasteiger partial charge in [-0.05, 0) is 55.3 Å². The van der Waals surface area contributed by atoms with Gasteiger partial charge in [0, 0.05) is 31.1 Å². The fourth-order valence-electron chi connectivity index (χ4n) is 5.38. The monoisotopic (exact) mass is 650 g/mol. The number of benzene rings is 3. The van der Waals surface area contributed by atoms with Crippen LogP contribution < -0.4 is 16.0 Å². The molecule has 3 N–H and O–H groups in total. The highest BCUT2D eigenvalue weighted by Crippen LogP contribution is 2.35. The summed E-state index contributed by atoms with van der Waals surface area (Å²) in [5, 5.41) is 4.98. The Morgan fingerprint density at radius 2 is 1.76 bits per heavy atom. The number of aromatic nitrogens is 6. The van der Waals surface area contributed by atoms with Crippen molar-refractivity contribution in [2.24, 2.45) is 12.8 Å². The van der Waals surface area contributed by atoms with Gasteiger partial charge < -0.3 is 5.73 Å². The molecule has 0 bridgehead atoms. The molecule has 0 unspecified atom stereocenters. The smallest absolute Gasteiger partial charge is 0.266 e. The lowest BCUT2D eigenvalue weighted by Crippen LogP contribution is -2.30. The van der Waals surface area contributed by atoms with Gasteiger partial charge in [-0.2, -0.15) is 5.10 Å². The predicted octanol–water partition coefficient (Wildman–Crippen LogP) is 4.58. The quantitative estimate of drug-likeness (QED) is 0.255. The zero-order chi connectivity index (χ0) is 32.2. The van der Waals surface area contributed by atoms with Crippen molar-refractivity contribution in [2.45, 2.75) is 19.4 Å². The summed E-state index contributed by atoms with van der Waals surface area (Å²) in [7, 11) is -2.17. The van der Waals surface area contributed by atoms with E-state index in [0.29, 0.717) is 28.0 Å². The van der Waals surface area contributed by atoms with E-state index in [1.165, 1.54) is 15.3 Å². The van der Waals surface area contributed by atoms with Gasteiger partial charge in [0.05, 0.1) is 56.2 Å². The molecule has 3 aromatic carbocycles. The first kappa shape index (κ1) is 30.2. The van der Waals surface area contributed by atoms with Crippen molar-refractivity contribution < 1.29 is 17.2 Å². The van der Waals surface area contributed by atoms with E-state index >= 15 is 0 Å². The molecule has 1 atom stereocenters. The van der Waals surface area contributed by atoms with E-state index in [2.05, 4.69) is 19.8 Å². The molecule has 0 radical (unpaired) electrons. The van der Waals surface area contributed by atoms with Crippen molar-refractivity contribution in [3.05, 3.63) is 105 Å². The molecular formula is C30H25ClF2N8O3S. The van der Waals surface area contributed by atoms with Crippen LogP contribution in [-0.4, -0.2) is 44.0 Å². The zero-order valence-electron chi connectivity index (χ0n) is 24.1. The number of hydrogen-bond acceptors (Lipinski definition) is 8. The highest BCUT2D eigenvalue weighted by Gasteiger charge is 2.25. The molecule has 15 heteroatoms. The van der Waals surface area contributed by atoms with Gasteiger partial charge in [0.15, 0.2) is 5.82 Å². The Morgan fingerprint density at radius 1 is 1.04 bits per heavy atom. The van der Waals surface area contributed by atoms with Gasteiger partial charge in [-0.15, -0.1) is 0 Å². The fraction of sp³-hybridized carbons (Fsp3) is 0.167. The van der Waals surface area contributed by atoms with Gasteiger partial charge in [-0.3, -0.25) is 28.7 Å². The number of sulfonamides is 1. The number of fused-ring (bicyclic) bond motifs is 2. The summed E-state index contributed by atoms with van der Waals surface area (Å²) in [5.41, 5.74) is 9.25. The van der Waals surface area contributed by atoms with Gasteiger partial charge in [0.2, 0.25) is 10.0 Å². The summed E-state index contributed by atoms with van der Waals surface area (Å²) >= 11 is 6.53. The zero-order valence-corrected chi connectivity index (χ0v) is 25.7. The second-order valence-corrected chi connectivity index (χ2v) is 12.7. The second kappa shape index (κ2) is 11.3. The molecule has 45 heavy (non-hydrogen) atoms. The molecule has 0 fully saturated rings. The topological polar surface area (TPSA) is 151 Å². The number of hydrogen-bond donors (Lipinski definition) is 2. The summed E-state index contributed by atoms with van der Waals surface area (Å²) in [4.78, 5) is 27.9. The normalized spacial score (nSPS) is 12.6. The van der Waals surface area contributed by atoms with Crippen LogP contribution in [0.15, 0.2) is 65.7 Å². The van der Waals surface area contributed by atoms with Crippen molar-refractivity contribution in [1.29, 1.82) is 0 Å². The van der Waals surface area contributed by atoms with Gasteiger partial charge in [-0.1, -0.05) is 17.7 Å². The van der Waals surface area contributed by atoms with Gasteiger partial charge in [-0.25, -0.2) is 22.2 Å². The Kier molecular flexibility index (Phi) is 7.59. The summed E-state index contributed by atoms with van der Waals surface area (Å²) in [6.45, 7) is 1.81. The van der Waals surface area contributed by atoms with E-state index in [4.69, 9.17) is 22.3 Å². The van der Waals surface area contributed by atoms with E-state index < -0.39 is 33.3 Å². The van der Waals surface area contributed by atoms with Crippen molar-refractivity contribution in [3.63, 3.8) is 0 Å². The molecule has 6 rings (SSSR count). The molecule has 3 aromatic heterocycles. The number of nitrogens with two attached hydrogens (primary N) is 1. The Bertz CT molecular complexity index is 2310. The Morgan fingerprint density at radius 3 is 2.44 bits per heavy atom. The van der Waals surface area contributed by atoms with E-state index in [-0.39, 0.29) is 45.1 Å². The van der Waals surface area contributed by atoms with Crippen LogP contribution in [-0.2, 0) is 23.5 Å².